The smallest absolute Gasteiger partial charge is 0.314 e. The standard InChI is InChI=1S/C22H20O4/c23-21-18-12-11-17(25-22(24)16-9-5-2-6-10-16)14-19(18)26-20(21)13-15-7-3-1-4-8-15/h1,3-4,7-8,11-14,16H,2,5-6,9-10H2/b20-13-. The number of allylic oxidation sites excluding steroid dienone is 1. The molecule has 132 valence electrons. The molecular weight excluding hydrogens is 328 g/mol. The van der Waals surface area contributed by atoms with E-state index in [0.29, 0.717) is 17.1 Å². The number of Topliss-reactive ketones (excluding diaryl/α,β-unsaturated/α-hetero) is 1. The predicted molar refractivity (Wildman–Crippen MR) is 98.0 cm³/mol. The van der Waals surface area contributed by atoms with Crippen molar-refractivity contribution in [2.75, 3.05) is 0 Å². The molecule has 0 radical (unpaired) electrons. The Morgan fingerprint density at radius 2 is 1.81 bits per heavy atom. The molecule has 0 unspecified atom stereocenters. The van der Waals surface area contributed by atoms with E-state index in [4.69, 9.17) is 9.47 Å². The number of carbonyl (C=O) groups is 2. The van der Waals surface area contributed by atoms with Gasteiger partial charge in [-0.15, -0.1) is 0 Å². The Balaban J connectivity index is 1.50. The first-order chi connectivity index (χ1) is 12.7. The maximum absolute atomic E-state index is 12.5. The van der Waals surface area contributed by atoms with Crippen LogP contribution >= 0.6 is 0 Å². The number of ether oxygens (including phenoxy) is 2. The summed E-state index contributed by atoms with van der Waals surface area (Å²) < 4.78 is 11.2. The van der Waals surface area contributed by atoms with Crippen molar-refractivity contribution >= 4 is 17.8 Å². The van der Waals surface area contributed by atoms with E-state index in [1.807, 2.05) is 30.3 Å². The van der Waals surface area contributed by atoms with Crippen molar-refractivity contribution in [3.05, 3.63) is 65.4 Å². The van der Waals surface area contributed by atoms with Crippen molar-refractivity contribution < 1.29 is 19.1 Å². The van der Waals surface area contributed by atoms with Crippen LogP contribution in [0.25, 0.3) is 6.08 Å². The van der Waals surface area contributed by atoms with E-state index in [2.05, 4.69) is 0 Å². The molecule has 26 heavy (non-hydrogen) atoms. The van der Waals surface area contributed by atoms with Gasteiger partial charge in [0.2, 0.25) is 5.78 Å². The number of hydrogen-bond acceptors (Lipinski definition) is 4. The molecule has 0 bridgehead atoms. The lowest BCUT2D eigenvalue weighted by molar-refractivity contribution is -0.139. The number of ketones is 1. The SMILES string of the molecule is O=C1/C(=C/c2ccccc2)Oc2cc(OC(=O)C3CCCCC3)ccc21. The van der Waals surface area contributed by atoms with Crippen LogP contribution in [0.15, 0.2) is 54.3 Å². The van der Waals surface area contributed by atoms with Gasteiger partial charge in [0, 0.05) is 6.07 Å². The summed E-state index contributed by atoms with van der Waals surface area (Å²) >= 11 is 0. The molecule has 0 aromatic heterocycles. The van der Waals surface area contributed by atoms with E-state index >= 15 is 0 Å². The van der Waals surface area contributed by atoms with Gasteiger partial charge in [0.1, 0.15) is 11.5 Å². The third-order valence-electron chi connectivity index (χ3n) is 4.90. The first-order valence-corrected chi connectivity index (χ1v) is 9.06. The number of hydrogen-bond donors (Lipinski definition) is 0. The molecule has 1 saturated carbocycles. The summed E-state index contributed by atoms with van der Waals surface area (Å²) in [4.78, 5) is 24.8. The summed E-state index contributed by atoms with van der Waals surface area (Å²) in [5, 5.41) is 0. The Hall–Kier alpha value is -2.88. The monoisotopic (exact) mass is 348 g/mol. The van der Waals surface area contributed by atoms with E-state index in [-0.39, 0.29) is 23.4 Å². The minimum Gasteiger partial charge on any atom is -0.452 e. The molecule has 4 nitrogen and oxygen atoms in total. The summed E-state index contributed by atoms with van der Waals surface area (Å²) in [5.74, 6) is 0.775. The fourth-order valence-corrected chi connectivity index (χ4v) is 3.47. The Morgan fingerprint density at radius 3 is 2.58 bits per heavy atom. The van der Waals surface area contributed by atoms with Gasteiger partial charge in [0.15, 0.2) is 5.76 Å². The van der Waals surface area contributed by atoms with Crippen molar-refractivity contribution in [3.63, 3.8) is 0 Å². The molecule has 0 atom stereocenters. The van der Waals surface area contributed by atoms with E-state index in [1.54, 1.807) is 24.3 Å². The van der Waals surface area contributed by atoms with Gasteiger partial charge in [0.05, 0.1) is 11.5 Å². The van der Waals surface area contributed by atoms with Crippen LogP contribution in [0, 0.1) is 5.92 Å². The maximum Gasteiger partial charge on any atom is 0.314 e. The second-order valence-corrected chi connectivity index (χ2v) is 6.76. The highest BCUT2D eigenvalue weighted by Crippen LogP contribution is 2.35. The maximum atomic E-state index is 12.5. The zero-order chi connectivity index (χ0) is 17.9. The molecule has 1 heterocycles. The topological polar surface area (TPSA) is 52.6 Å². The second kappa shape index (κ2) is 7.16. The minimum atomic E-state index is -0.186. The third-order valence-corrected chi connectivity index (χ3v) is 4.90. The van der Waals surface area contributed by atoms with Crippen LogP contribution in [-0.4, -0.2) is 11.8 Å². The number of benzene rings is 2. The molecule has 0 amide bonds. The van der Waals surface area contributed by atoms with Crippen LogP contribution in [0.4, 0.5) is 0 Å². The minimum absolute atomic E-state index is 0.0203. The third kappa shape index (κ3) is 3.40. The van der Waals surface area contributed by atoms with Crippen molar-refractivity contribution in [2.24, 2.45) is 5.92 Å². The van der Waals surface area contributed by atoms with E-state index in [1.165, 1.54) is 6.42 Å². The quantitative estimate of drug-likeness (QED) is 0.455. The van der Waals surface area contributed by atoms with Crippen molar-refractivity contribution in [3.8, 4) is 11.5 Å². The Labute approximate surface area is 152 Å². The van der Waals surface area contributed by atoms with Crippen molar-refractivity contribution in [2.45, 2.75) is 32.1 Å². The van der Waals surface area contributed by atoms with E-state index in [0.717, 1.165) is 31.2 Å². The van der Waals surface area contributed by atoms with Crippen molar-refractivity contribution in [1.29, 1.82) is 0 Å². The van der Waals surface area contributed by atoms with E-state index < -0.39 is 0 Å². The van der Waals surface area contributed by atoms with Gasteiger partial charge in [-0.1, -0.05) is 49.6 Å². The summed E-state index contributed by atoms with van der Waals surface area (Å²) in [6.45, 7) is 0. The summed E-state index contributed by atoms with van der Waals surface area (Å²) in [7, 11) is 0. The molecule has 2 aromatic rings. The number of rotatable bonds is 3. The number of carbonyl (C=O) groups excluding carboxylic acids is 2. The average Bonchev–Trinajstić information content (AvgIpc) is 2.98. The second-order valence-electron chi connectivity index (χ2n) is 6.76. The molecule has 1 aliphatic heterocycles. The van der Waals surface area contributed by atoms with Gasteiger partial charge in [-0.2, -0.15) is 0 Å². The van der Waals surface area contributed by atoms with Crippen LogP contribution in [0.3, 0.4) is 0 Å². The lowest BCUT2D eigenvalue weighted by Gasteiger charge is -2.19. The fraction of sp³-hybridized carbons (Fsp3) is 0.273. The van der Waals surface area contributed by atoms with Gasteiger partial charge >= 0.3 is 5.97 Å². The summed E-state index contributed by atoms with van der Waals surface area (Å²) in [5.41, 5.74) is 1.39. The summed E-state index contributed by atoms with van der Waals surface area (Å²) in [6, 6.07) is 14.5. The van der Waals surface area contributed by atoms with E-state index in [9.17, 15) is 9.59 Å². The molecule has 4 rings (SSSR count). The normalized spacial score (nSPS) is 18.5. The molecule has 4 heteroatoms. The van der Waals surface area contributed by atoms with Crippen LogP contribution in [0.5, 0.6) is 11.5 Å². The first-order valence-electron chi connectivity index (χ1n) is 9.06. The van der Waals surface area contributed by atoms with Crippen LogP contribution in [0.2, 0.25) is 0 Å². The lowest BCUT2D eigenvalue weighted by Crippen LogP contribution is -2.22. The highest BCUT2D eigenvalue weighted by Gasteiger charge is 2.29. The van der Waals surface area contributed by atoms with Crippen LogP contribution < -0.4 is 9.47 Å². The average molecular weight is 348 g/mol. The lowest BCUT2D eigenvalue weighted by atomic mass is 9.89. The van der Waals surface area contributed by atoms with Crippen LogP contribution in [-0.2, 0) is 4.79 Å². The van der Waals surface area contributed by atoms with Gasteiger partial charge < -0.3 is 9.47 Å². The van der Waals surface area contributed by atoms with Gasteiger partial charge in [-0.25, -0.2) is 0 Å². The van der Waals surface area contributed by atoms with Gasteiger partial charge in [0.25, 0.3) is 0 Å². The van der Waals surface area contributed by atoms with Crippen molar-refractivity contribution in [1.82, 2.24) is 0 Å². The number of esters is 1. The van der Waals surface area contributed by atoms with Gasteiger partial charge in [-0.3, -0.25) is 9.59 Å². The Morgan fingerprint density at radius 1 is 1.04 bits per heavy atom. The Kier molecular flexibility index (Phi) is 4.57. The largest absolute Gasteiger partial charge is 0.452 e. The molecule has 1 aliphatic carbocycles. The molecule has 2 aliphatic rings. The highest BCUT2D eigenvalue weighted by atomic mass is 16.5. The first kappa shape index (κ1) is 16.6. The molecular formula is C22H20O4. The molecule has 2 aromatic carbocycles. The fourth-order valence-electron chi connectivity index (χ4n) is 3.47. The van der Waals surface area contributed by atoms with Crippen LogP contribution in [0.1, 0.15) is 48.0 Å². The molecule has 1 fully saturated rings. The predicted octanol–water partition coefficient (Wildman–Crippen LogP) is 4.79. The molecule has 0 N–H and O–H groups in total. The molecule has 0 saturated heterocycles. The Bertz CT molecular complexity index is 861. The highest BCUT2D eigenvalue weighted by molar-refractivity contribution is 6.14. The number of fused-ring (bicyclic) bond motifs is 1. The zero-order valence-corrected chi connectivity index (χ0v) is 14.4. The summed E-state index contributed by atoms with van der Waals surface area (Å²) in [6.07, 6.45) is 6.85. The zero-order valence-electron chi connectivity index (χ0n) is 14.4. The molecule has 0 spiro atoms. The van der Waals surface area contributed by atoms with Gasteiger partial charge in [-0.05, 0) is 36.6 Å².